The molecule has 0 saturated carbocycles. The molecule has 1 amide bonds. The number of hydrazone groups is 1. The summed E-state index contributed by atoms with van der Waals surface area (Å²) in [6.45, 7) is 7.92. The Morgan fingerprint density at radius 1 is 1.23 bits per heavy atom. The van der Waals surface area contributed by atoms with E-state index in [-0.39, 0.29) is 17.4 Å². The maximum absolute atomic E-state index is 12.3. The molecule has 1 heterocycles. The topological polar surface area (TPSA) is 71.4 Å². The molecule has 0 bridgehead atoms. The molecule has 30 heavy (non-hydrogen) atoms. The van der Waals surface area contributed by atoms with Gasteiger partial charge in [0.15, 0.2) is 11.5 Å². The Balaban J connectivity index is 1.89. The number of aliphatic hydroxyl groups excluding tert-OH is 1. The molecule has 2 aliphatic rings. The van der Waals surface area contributed by atoms with Crippen LogP contribution in [0, 0.1) is 5.41 Å². The van der Waals surface area contributed by atoms with Crippen LogP contribution >= 0.6 is 0 Å². The Labute approximate surface area is 178 Å². The number of amides is 1. The Kier molecular flexibility index (Phi) is 6.36. The lowest BCUT2D eigenvalue weighted by molar-refractivity contribution is -0.130. The molecule has 6 nitrogen and oxygen atoms in total. The average Bonchev–Trinajstić information content (AvgIpc) is 3.15. The second-order valence-electron chi connectivity index (χ2n) is 8.66. The molecule has 2 atom stereocenters. The minimum absolute atomic E-state index is 0.00198. The van der Waals surface area contributed by atoms with Crippen molar-refractivity contribution in [2.24, 2.45) is 10.5 Å². The number of methoxy groups -OCH3 is 2. The molecule has 6 heteroatoms. The summed E-state index contributed by atoms with van der Waals surface area (Å²) in [6.07, 6.45) is 5.99. The lowest BCUT2D eigenvalue weighted by atomic mass is 9.71. The number of allylic oxidation sites excluding steroid dienone is 3. The van der Waals surface area contributed by atoms with Crippen LogP contribution in [0.3, 0.4) is 0 Å². The van der Waals surface area contributed by atoms with Gasteiger partial charge in [-0.3, -0.25) is 4.79 Å². The predicted octanol–water partition coefficient (Wildman–Crippen LogP) is 4.41. The molecule has 1 aromatic rings. The Morgan fingerprint density at radius 3 is 2.57 bits per heavy atom. The first kappa shape index (κ1) is 22.1. The molecule has 0 spiro atoms. The van der Waals surface area contributed by atoms with Gasteiger partial charge < -0.3 is 14.6 Å². The molecule has 162 valence electrons. The molecule has 2 unspecified atom stereocenters. The van der Waals surface area contributed by atoms with E-state index >= 15 is 0 Å². The van der Waals surface area contributed by atoms with Gasteiger partial charge in [-0.25, -0.2) is 5.01 Å². The van der Waals surface area contributed by atoms with Gasteiger partial charge in [0.2, 0.25) is 5.91 Å². The fourth-order valence-corrected chi connectivity index (χ4v) is 4.34. The van der Waals surface area contributed by atoms with Crippen LogP contribution in [0.4, 0.5) is 0 Å². The van der Waals surface area contributed by atoms with Crippen molar-refractivity contribution in [3.8, 4) is 11.5 Å². The van der Waals surface area contributed by atoms with Crippen LogP contribution in [0.25, 0.3) is 0 Å². The molecule has 0 radical (unpaired) electrons. The van der Waals surface area contributed by atoms with Gasteiger partial charge in [-0.15, -0.1) is 0 Å². The Bertz CT molecular complexity index is 914. The quantitative estimate of drug-likeness (QED) is 0.778. The number of carbonyl (C=O) groups is 1. The van der Waals surface area contributed by atoms with E-state index in [1.54, 1.807) is 14.2 Å². The maximum atomic E-state index is 12.3. The summed E-state index contributed by atoms with van der Waals surface area (Å²) in [5, 5.41) is 16.4. The second kappa shape index (κ2) is 8.64. The number of nitrogens with zero attached hydrogens (tertiary/aromatic N) is 2. The van der Waals surface area contributed by atoms with E-state index in [0.717, 1.165) is 35.3 Å². The van der Waals surface area contributed by atoms with Crippen molar-refractivity contribution >= 4 is 11.6 Å². The van der Waals surface area contributed by atoms with Gasteiger partial charge in [0.1, 0.15) is 0 Å². The molecular weight excluding hydrogens is 380 g/mol. The molecule has 0 aromatic heterocycles. The van der Waals surface area contributed by atoms with Crippen LogP contribution in [-0.2, 0) is 4.79 Å². The van der Waals surface area contributed by atoms with E-state index in [1.165, 1.54) is 11.9 Å². The zero-order valence-corrected chi connectivity index (χ0v) is 18.7. The fraction of sp³-hybridized carbons (Fsp3) is 0.500. The number of benzene rings is 1. The normalized spacial score (nSPS) is 23.7. The predicted molar refractivity (Wildman–Crippen MR) is 118 cm³/mol. The van der Waals surface area contributed by atoms with Crippen molar-refractivity contribution in [3.63, 3.8) is 0 Å². The molecule has 1 aromatic carbocycles. The lowest BCUT2D eigenvalue weighted by Gasteiger charge is -2.35. The van der Waals surface area contributed by atoms with Crippen LogP contribution in [0.2, 0.25) is 0 Å². The second-order valence-corrected chi connectivity index (χ2v) is 8.66. The van der Waals surface area contributed by atoms with Crippen LogP contribution in [0.5, 0.6) is 11.5 Å². The smallest absolute Gasteiger partial charge is 0.240 e. The van der Waals surface area contributed by atoms with Crippen LogP contribution in [0.1, 0.15) is 58.6 Å². The van der Waals surface area contributed by atoms with Crippen molar-refractivity contribution in [2.75, 3.05) is 14.2 Å². The molecular formula is C24H32N2O4. The largest absolute Gasteiger partial charge is 0.493 e. The van der Waals surface area contributed by atoms with E-state index in [9.17, 15) is 9.90 Å². The third-order valence-electron chi connectivity index (χ3n) is 6.19. The van der Waals surface area contributed by atoms with Gasteiger partial charge in [0.25, 0.3) is 0 Å². The SMILES string of the molecule is COc1ccc(C2CC(/C=C/C3=C(C)C(O)CCC3(C)C)=NN2C(C)=O)cc1OC. The third kappa shape index (κ3) is 4.29. The first-order valence-corrected chi connectivity index (χ1v) is 10.3. The fourth-order valence-electron chi connectivity index (χ4n) is 4.34. The molecule has 1 aliphatic carbocycles. The summed E-state index contributed by atoms with van der Waals surface area (Å²) < 4.78 is 10.7. The van der Waals surface area contributed by atoms with E-state index in [0.29, 0.717) is 17.9 Å². The van der Waals surface area contributed by atoms with Crippen molar-refractivity contribution in [2.45, 2.75) is 59.1 Å². The van der Waals surface area contributed by atoms with Gasteiger partial charge in [0, 0.05) is 13.3 Å². The molecule has 1 N–H and O–H groups in total. The highest BCUT2D eigenvalue weighted by Gasteiger charge is 2.33. The lowest BCUT2D eigenvalue weighted by Crippen LogP contribution is -2.27. The van der Waals surface area contributed by atoms with Crippen molar-refractivity contribution < 1.29 is 19.4 Å². The number of ether oxygens (including phenoxy) is 2. The van der Waals surface area contributed by atoms with E-state index in [4.69, 9.17) is 9.47 Å². The first-order chi connectivity index (χ1) is 14.2. The molecule has 0 saturated heterocycles. The van der Waals surface area contributed by atoms with Gasteiger partial charge in [-0.2, -0.15) is 5.10 Å². The number of hydrogen-bond donors (Lipinski definition) is 1. The summed E-state index contributed by atoms with van der Waals surface area (Å²) in [5.41, 5.74) is 3.94. The van der Waals surface area contributed by atoms with E-state index in [1.807, 2.05) is 31.2 Å². The van der Waals surface area contributed by atoms with Crippen LogP contribution < -0.4 is 9.47 Å². The van der Waals surface area contributed by atoms with E-state index < -0.39 is 6.10 Å². The first-order valence-electron chi connectivity index (χ1n) is 10.3. The zero-order chi connectivity index (χ0) is 22.1. The van der Waals surface area contributed by atoms with Gasteiger partial charge in [-0.1, -0.05) is 26.0 Å². The summed E-state index contributed by atoms with van der Waals surface area (Å²) >= 11 is 0. The summed E-state index contributed by atoms with van der Waals surface area (Å²) in [6, 6.07) is 5.49. The third-order valence-corrected chi connectivity index (χ3v) is 6.19. The summed E-state index contributed by atoms with van der Waals surface area (Å²) in [4.78, 5) is 12.3. The number of hydrogen-bond acceptors (Lipinski definition) is 5. The van der Waals surface area contributed by atoms with Crippen molar-refractivity contribution in [1.82, 2.24) is 5.01 Å². The van der Waals surface area contributed by atoms with E-state index in [2.05, 4.69) is 25.0 Å². The minimum atomic E-state index is -0.392. The maximum Gasteiger partial charge on any atom is 0.240 e. The molecule has 1 aliphatic heterocycles. The number of rotatable bonds is 5. The number of carbonyl (C=O) groups excluding carboxylic acids is 1. The highest BCUT2D eigenvalue weighted by molar-refractivity contribution is 5.98. The van der Waals surface area contributed by atoms with Gasteiger partial charge >= 0.3 is 0 Å². The Morgan fingerprint density at radius 2 is 1.93 bits per heavy atom. The van der Waals surface area contributed by atoms with Crippen LogP contribution in [0.15, 0.2) is 46.6 Å². The standard InChI is InChI=1S/C24H32N2O4/c1-15-19(24(3,4)12-11-21(15)28)9-8-18-14-20(26(25-18)16(2)27)17-7-10-22(29-5)23(13-17)30-6/h7-10,13,20-21,28H,11-12,14H2,1-6H3/b9-8+. The molecule has 3 rings (SSSR count). The van der Waals surface area contributed by atoms with Gasteiger partial charge in [0.05, 0.1) is 32.1 Å². The summed E-state index contributed by atoms with van der Waals surface area (Å²) in [7, 11) is 3.20. The monoisotopic (exact) mass is 412 g/mol. The summed E-state index contributed by atoms with van der Waals surface area (Å²) in [5.74, 6) is 1.17. The van der Waals surface area contributed by atoms with Crippen molar-refractivity contribution in [3.05, 3.63) is 47.1 Å². The zero-order valence-electron chi connectivity index (χ0n) is 18.7. The van der Waals surface area contributed by atoms with Gasteiger partial charge in [-0.05, 0) is 60.1 Å². The molecule has 0 fully saturated rings. The highest BCUT2D eigenvalue weighted by atomic mass is 16.5. The van der Waals surface area contributed by atoms with Crippen LogP contribution in [-0.4, -0.2) is 42.1 Å². The van der Waals surface area contributed by atoms with Crippen molar-refractivity contribution in [1.29, 1.82) is 0 Å². The number of aliphatic hydroxyl groups is 1. The minimum Gasteiger partial charge on any atom is -0.493 e. The highest BCUT2D eigenvalue weighted by Crippen LogP contribution is 2.41. The Hall–Kier alpha value is -2.60. The average molecular weight is 413 g/mol.